The maximum atomic E-state index is 12.6. The molecule has 1 aliphatic rings. The van der Waals surface area contributed by atoms with Crippen molar-refractivity contribution in [3.63, 3.8) is 0 Å². The number of nitrogens with zero attached hydrogens (tertiary/aromatic N) is 2. The molecule has 5 heteroatoms. The molecule has 1 heterocycles. The fraction of sp³-hybridized carbons (Fsp3) is 0.355. The maximum absolute atomic E-state index is 12.6. The Hall–Kier alpha value is -3.60. The van der Waals surface area contributed by atoms with Gasteiger partial charge in [0.15, 0.2) is 0 Å². The highest BCUT2D eigenvalue weighted by Crippen LogP contribution is 2.25. The Morgan fingerprint density at radius 1 is 0.944 bits per heavy atom. The van der Waals surface area contributed by atoms with Crippen molar-refractivity contribution >= 4 is 22.8 Å². The van der Waals surface area contributed by atoms with Gasteiger partial charge in [-0.3, -0.25) is 0 Å². The SMILES string of the molecule is CCCCc1nc2ccc(NC(=O)NC3CCCCC3)cc2n1Cc1ccc(-c2ccccc2)cc1. The van der Waals surface area contributed by atoms with E-state index in [2.05, 4.69) is 76.7 Å². The molecule has 0 aliphatic heterocycles. The van der Waals surface area contributed by atoms with E-state index >= 15 is 0 Å². The third-order valence-electron chi connectivity index (χ3n) is 7.18. The lowest BCUT2D eigenvalue weighted by Crippen LogP contribution is -2.39. The van der Waals surface area contributed by atoms with Crippen LogP contribution in [0.3, 0.4) is 0 Å². The van der Waals surface area contributed by atoms with E-state index in [4.69, 9.17) is 4.98 Å². The molecule has 1 saturated carbocycles. The molecule has 186 valence electrons. The number of hydrogen-bond donors (Lipinski definition) is 2. The summed E-state index contributed by atoms with van der Waals surface area (Å²) in [6.07, 6.45) is 8.99. The second kappa shape index (κ2) is 11.4. The van der Waals surface area contributed by atoms with Crippen molar-refractivity contribution < 1.29 is 4.79 Å². The number of hydrogen-bond acceptors (Lipinski definition) is 2. The Bertz CT molecular complexity index is 1290. The summed E-state index contributed by atoms with van der Waals surface area (Å²) in [6.45, 7) is 2.96. The van der Waals surface area contributed by atoms with Crippen molar-refractivity contribution in [1.82, 2.24) is 14.9 Å². The number of nitrogens with one attached hydrogen (secondary N) is 2. The second-order valence-electron chi connectivity index (χ2n) is 9.92. The maximum Gasteiger partial charge on any atom is 0.319 e. The van der Waals surface area contributed by atoms with Crippen LogP contribution < -0.4 is 10.6 Å². The van der Waals surface area contributed by atoms with E-state index in [0.29, 0.717) is 0 Å². The lowest BCUT2D eigenvalue weighted by molar-refractivity contribution is 0.244. The van der Waals surface area contributed by atoms with Gasteiger partial charge in [0.1, 0.15) is 5.82 Å². The number of rotatable bonds is 8. The number of imidazole rings is 1. The minimum absolute atomic E-state index is 0.116. The predicted octanol–water partition coefficient (Wildman–Crippen LogP) is 7.55. The third-order valence-corrected chi connectivity index (χ3v) is 7.18. The summed E-state index contributed by atoms with van der Waals surface area (Å²) >= 11 is 0. The van der Waals surface area contributed by atoms with Gasteiger partial charge in [-0.05, 0) is 54.2 Å². The Morgan fingerprint density at radius 2 is 1.69 bits per heavy atom. The number of fused-ring (bicyclic) bond motifs is 1. The molecule has 0 atom stereocenters. The molecule has 2 N–H and O–H groups in total. The van der Waals surface area contributed by atoms with Crippen LogP contribution >= 0.6 is 0 Å². The molecule has 1 fully saturated rings. The number of benzene rings is 3. The molecule has 3 aromatic carbocycles. The number of urea groups is 1. The van der Waals surface area contributed by atoms with Crippen LogP contribution in [0.25, 0.3) is 22.2 Å². The van der Waals surface area contributed by atoms with Gasteiger partial charge < -0.3 is 15.2 Å². The Morgan fingerprint density at radius 3 is 2.44 bits per heavy atom. The number of unbranched alkanes of at least 4 members (excludes halogenated alkanes) is 1. The van der Waals surface area contributed by atoms with Gasteiger partial charge in [0, 0.05) is 24.7 Å². The summed E-state index contributed by atoms with van der Waals surface area (Å²) < 4.78 is 2.31. The van der Waals surface area contributed by atoms with Crippen molar-refractivity contribution in [2.75, 3.05) is 5.32 Å². The Balaban J connectivity index is 1.37. The lowest BCUT2D eigenvalue weighted by Gasteiger charge is -2.22. The number of carbonyl (C=O) groups excluding carboxylic acids is 1. The molecule has 5 nitrogen and oxygen atoms in total. The van der Waals surface area contributed by atoms with Crippen molar-refractivity contribution in [1.29, 1.82) is 0 Å². The zero-order valence-corrected chi connectivity index (χ0v) is 21.2. The zero-order valence-electron chi connectivity index (χ0n) is 21.2. The van der Waals surface area contributed by atoms with E-state index < -0.39 is 0 Å². The van der Waals surface area contributed by atoms with Crippen molar-refractivity contribution in [3.8, 4) is 11.1 Å². The van der Waals surface area contributed by atoms with Crippen LogP contribution in [0, 0.1) is 0 Å². The molecule has 5 rings (SSSR count). The molecule has 1 aliphatic carbocycles. The van der Waals surface area contributed by atoms with E-state index in [-0.39, 0.29) is 12.1 Å². The van der Waals surface area contributed by atoms with Crippen LogP contribution in [0.4, 0.5) is 10.5 Å². The van der Waals surface area contributed by atoms with Crippen LogP contribution in [0.2, 0.25) is 0 Å². The number of anilines is 1. The zero-order chi connectivity index (χ0) is 24.7. The first-order valence-corrected chi connectivity index (χ1v) is 13.4. The fourth-order valence-corrected chi connectivity index (χ4v) is 5.17. The molecule has 0 radical (unpaired) electrons. The second-order valence-corrected chi connectivity index (χ2v) is 9.92. The number of carbonyl (C=O) groups is 1. The quantitative estimate of drug-likeness (QED) is 0.273. The van der Waals surface area contributed by atoms with Gasteiger partial charge in [-0.1, -0.05) is 87.2 Å². The highest BCUT2D eigenvalue weighted by molar-refractivity contribution is 5.92. The smallest absolute Gasteiger partial charge is 0.319 e. The number of aromatic nitrogens is 2. The van der Waals surface area contributed by atoms with Crippen molar-refractivity contribution in [2.45, 2.75) is 70.9 Å². The van der Waals surface area contributed by atoms with Crippen LogP contribution in [-0.4, -0.2) is 21.6 Å². The van der Waals surface area contributed by atoms with Crippen LogP contribution in [0.15, 0.2) is 72.8 Å². The predicted molar refractivity (Wildman–Crippen MR) is 148 cm³/mol. The summed E-state index contributed by atoms with van der Waals surface area (Å²) in [5, 5.41) is 6.21. The summed E-state index contributed by atoms with van der Waals surface area (Å²) in [4.78, 5) is 17.6. The van der Waals surface area contributed by atoms with Gasteiger partial charge in [0.05, 0.1) is 11.0 Å². The van der Waals surface area contributed by atoms with E-state index in [1.807, 2.05) is 18.2 Å². The summed E-state index contributed by atoms with van der Waals surface area (Å²) in [7, 11) is 0. The molecule has 0 spiro atoms. The highest BCUT2D eigenvalue weighted by atomic mass is 16.2. The van der Waals surface area contributed by atoms with Gasteiger partial charge in [0.2, 0.25) is 0 Å². The third kappa shape index (κ3) is 5.78. The van der Waals surface area contributed by atoms with E-state index in [0.717, 1.165) is 61.2 Å². The van der Waals surface area contributed by atoms with Gasteiger partial charge in [-0.2, -0.15) is 0 Å². The Labute approximate surface area is 214 Å². The number of aryl methyl sites for hydroxylation is 1. The van der Waals surface area contributed by atoms with Gasteiger partial charge in [0.25, 0.3) is 0 Å². The normalized spacial score (nSPS) is 14.1. The average Bonchev–Trinajstić information content (AvgIpc) is 3.25. The van der Waals surface area contributed by atoms with E-state index in [9.17, 15) is 4.79 Å². The first-order valence-electron chi connectivity index (χ1n) is 13.4. The van der Waals surface area contributed by atoms with Crippen molar-refractivity contribution in [3.05, 3.63) is 84.2 Å². The lowest BCUT2D eigenvalue weighted by atomic mass is 9.96. The molecule has 36 heavy (non-hydrogen) atoms. The molecule has 2 amide bonds. The molecule has 0 saturated heterocycles. The standard InChI is InChI=1S/C31H36N4O/c1-2-3-14-30-34-28-20-19-27(33-31(36)32-26-12-8-5-9-13-26)21-29(28)35(30)22-23-15-17-25(18-16-23)24-10-6-4-7-11-24/h4,6-7,10-11,15-21,26H,2-3,5,8-9,12-14,22H2,1H3,(H2,32,33,36). The van der Waals surface area contributed by atoms with Crippen LogP contribution in [-0.2, 0) is 13.0 Å². The minimum Gasteiger partial charge on any atom is -0.335 e. The Kier molecular flexibility index (Phi) is 7.65. The van der Waals surface area contributed by atoms with Gasteiger partial charge in [-0.25, -0.2) is 9.78 Å². The van der Waals surface area contributed by atoms with Crippen molar-refractivity contribution in [2.24, 2.45) is 0 Å². The molecule has 1 aromatic heterocycles. The molecule has 4 aromatic rings. The minimum atomic E-state index is -0.116. The van der Waals surface area contributed by atoms with Crippen LogP contribution in [0.5, 0.6) is 0 Å². The summed E-state index contributed by atoms with van der Waals surface area (Å²) in [5.74, 6) is 1.10. The van der Waals surface area contributed by atoms with E-state index in [1.54, 1.807) is 0 Å². The van der Waals surface area contributed by atoms with Crippen LogP contribution in [0.1, 0.15) is 63.3 Å². The first-order chi connectivity index (χ1) is 17.7. The first kappa shape index (κ1) is 24.1. The largest absolute Gasteiger partial charge is 0.335 e. The highest BCUT2D eigenvalue weighted by Gasteiger charge is 2.17. The number of amides is 2. The fourth-order valence-electron chi connectivity index (χ4n) is 5.17. The molecule has 0 bridgehead atoms. The molecular formula is C31H36N4O. The van der Waals surface area contributed by atoms with Gasteiger partial charge >= 0.3 is 6.03 Å². The average molecular weight is 481 g/mol. The van der Waals surface area contributed by atoms with E-state index in [1.165, 1.54) is 36.0 Å². The van der Waals surface area contributed by atoms with Gasteiger partial charge in [-0.15, -0.1) is 0 Å². The summed E-state index contributed by atoms with van der Waals surface area (Å²) in [6, 6.07) is 25.5. The monoisotopic (exact) mass is 480 g/mol. The molecular weight excluding hydrogens is 444 g/mol. The molecule has 0 unspecified atom stereocenters. The summed E-state index contributed by atoms with van der Waals surface area (Å²) in [5.41, 5.74) is 6.52. The topological polar surface area (TPSA) is 59.0 Å².